The first-order valence-corrected chi connectivity index (χ1v) is 13.8. The summed E-state index contributed by atoms with van der Waals surface area (Å²) in [5.74, 6) is -0.466. The predicted molar refractivity (Wildman–Crippen MR) is 156 cm³/mol. The fourth-order valence-corrected chi connectivity index (χ4v) is 5.44. The van der Waals surface area contributed by atoms with E-state index in [2.05, 4.69) is 30.7 Å². The number of anilines is 1. The van der Waals surface area contributed by atoms with E-state index >= 15 is 0 Å². The maximum absolute atomic E-state index is 13.3. The average molecular weight is 547 g/mol. The lowest BCUT2D eigenvalue weighted by atomic mass is 9.79. The van der Waals surface area contributed by atoms with Crippen LogP contribution in [-0.2, 0) is 6.54 Å². The third-order valence-electron chi connectivity index (χ3n) is 8.29. The van der Waals surface area contributed by atoms with Gasteiger partial charge >= 0.3 is 6.09 Å². The fourth-order valence-electron chi connectivity index (χ4n) is 5.44. The number of aryl methyl sites for hydroxylation is 1. The lowest BCUT2D eigenvalue weighted by molar-refractivity contribution is -0.0168. The first-order chi connectivity index (χ1) is 18.9. The van der Waals surface area contributed by atoms with Crippen LogP contribution in [-0.4, -0.2) is 64.1 Å². The van der Waals surface area contributed by atoms with Crippen LogP contribution in [0, 0.1) is 18.2 Å². The zero-order valence-electron chi connectivity index (χ0n) is 24.2. The number of carboxylic acid groups (broad SMARTS) is 1. The van der Waals surface area contributed by atoms with Crippen molar-refractivity contribution in [1.82, 2.24) is 14.8 Å². The van der Waals surface area contributed by atoms with Crippen LogP contribution >= 0.6 is 0 Å². The largest absolute Gasteiger partial charge is 0.465 e. The number of hydrogen-bond donors (Lipinski definition) is 1. The van der Waals surface area contributed by atoms with Gasteiger partial charge in [-0.2, -0.15) is 0 Å². The van der Waals surface area contributed by atoms with E-state index in [1.165, 1.54) is 12.1 Å². The summed E-state index contributed by atoms with van der Waals surface area (Å²) in [4.78, 5) is 35.5. The molecule has 1 N–H and O–H groups in total. The number of amides is 2. The van der Waals surface area contributed by atoms with Crippen molar-refractivity contribution in [2.24, 2.45) is 5.41 Å². The molecule has 4 rings (SSSR count). The number of rotatable bonds is 7. The summed E-state index contributed by atoms with van der Waals surface area (Å²) in [5, 5.41) is 9.87. The Hall–Kier alpha value is -3.78. The second-order valence-electron chi connectivity index (χ2n) is 11.5. The average Bonchev–Trinajstić information content (AvgIpc) is 2.92. The van der Waals surface area contributed by atoms with Crippen molar-refractivity contribution >= 4 is 17.7 Å². The summed E-state index contributed by atoms with van der Waals surface area (Å²) in [7, 11) is 1.74. The SMILES string of the molecule is CCC(C)(C)[C@@H]1CN(Cc2ccc(N(C)C(=O)c3ccc(-c4ccc(F)cc4)nc3C)cc2)C[C@H](C)N1C(=O)O. The fraction of sp³-hybridized carbons (Fsp3) is 0.406. The number of benzene rings is 2. The van der Waals surface area contributed by atoms with E-state index in [1.807, 2.05) is 31.2 Å². The molecule has 40 heavy (non-hydrogen) atoms. The summed E-state index contributed by atoms with van der Waals surface area (Å²) in [6.07, 6.45) is 0.0346. The van der Waals surface area contributed by atoms with Crippen LogP contribution in [0.25, 0.3) is 11.3 Å². The Morgan fingerprint density at radius 1 is 1.05 bits per heavy atom. The van der Waals surface area contributed by atoms with Crippen molar-refractivity contribution < 1.29 is 19.1 Å². The third kappa shape index (κ3) is 6.17. The normalized spacial score (nSPS) is 18.0. The van der Waals surface area contributed by atoms with Gasteiger partial charge in [-0.05, 0) is 79.8 Å². The highest BCUT2D eigenvalue weighted by Crippen LogP contribution is 2.34. The third-order valence-corrected chi connectivity index (χ3v) is 8.29. The van der Waals surface area contributed by atoms with Crippen LogP contribution in [0.5, 0.6) is 0 Å². The monoisotopic (exact) mass is 546 g/mol. The molecule has 1 fully saturated rings. The second kappa shape index (κ2) is 11.8. The molecule has 2 aromatic carbocycles. The molecule has 8 heteroatoms. The van der Waals surface area contributed by atoms with Crippen LogP contribution in [0.2, 0.25) is 0 Å². The van der Waals surface area contributed by atoms with Gasteiger partial charge in [-0.1, -0.05) is 32.9 Å². The topological polar surface area (TPSA) is 77.0 Å². The lowest BCUT2D eigenvalue weighted by Gasteiger charge is -2.50. The van der Waals surface area contributed by atoms with Crippen LogP contribution in [0.15, 0.2) is 60.7 Å². The molecule has 212 valence electrons. The van der Waals surface area contributed by atoms with E-state index in [4.69, 9.17) is 0 Å². The molecule has 0 saturated carbocycles. The molecular formula is C32H39FN4O3. The Labute approximate surface area is 236 Å². The molecule has 1 aliphatic rings. The Kier molecular flexibility index (Phi) is 8.59. The van der Waals surface area contributed by atoms with E-state index in [1.54, 1.807) is 48.0 Å². The van der Waals surface area contributed by atoms with Gasteiger partial charge < -0.3 is 10.0 Å². The number of nitrogens with zero attached hydrogens (tertiary/aromatic N) is 4. The molecule has 1 saturated heterocycles. The molecule has 3 aromatic rings. The molecule has 1 aliphatic heterocycles. The smallest absolute Gasteiger partial charge is 0.407 e. The van der Waals surface area contributed by atoms with Gasteiger partial charge in [-0.25, -0.2) is 9.18 Å². The Bertz CT molecular complexity index is 1360. The van der Waals surface area contributed by atoms with Gasteiger partial charge in [0.1, 0.15) is 5.82 Å². The molecule has 0 spiro atoms. The van der Waals surface area contributed by atoms with Crippen LogP contribution < -0.4 is 4.90 Å². The van der Waals surface area contributed by atoms with Crippen LogP contribution in [0.3, 0.4) is 0 Å². The lowest BCUT2D eigenvalue weighted by Crippen LogP contribution is -2.63. The van der Waals surface area contributed by atoms with E-state index in [-0.39, 0.29) is 29.2 Å². The van der Waals surface area contributed by atoms with Gasteiger partial charge in [0, 0.05) is 44.0 Å². The first kappa shape index (κ1) is 29.2. The molecule has 0 radical (unpaired) electrons. The van der Waals surface area contributed by atoms with E-state index in [0.717, 1.165) is 23.2 Å². The molecule has 0 bridgehead atoms. The Balaban J connectivity index is 1.45. The molecule has 1 aromatic heterocycles. The minimum Gasteiger partial charge on any atom is -0.465 e. The van der Waals surface area contributed by atoms with Gasteiger partial charge in [0.2, 0.25) is 0 Å². The zero-order chi connectivity index (χ0) is 29.2. The van der Waals surface area contributed by atoms with Crippen molar-refractivity contribution in [3.05, 3.63) is 83.3 Å². The summed E-state index contributed by atoms with van der Waals surface area (Å²) >= 11 is 0. The molecule has 2 atom stereocenters. The molecular weight excluding hydrogens is 507 g/mol. The summed E-state index contributed by atoms with van der Waals surface area (Å²) in [5.41, 5.74) is 4.32. The standard InChI is InChI=1S/C32H39FN4O3/c1-7-32(4,5)29-20-36(18-21(2)37(29)31(39)40)19-23-8-14-26(15-9-23)35(6)30(38)27-16-17-28(34-22(27)3)24-10-12-25(33)13-11-24/h8-17,21,29H,7,18-20H2,1-6H3,(H,39,40)/t21-,29-/m0/s1. The molecule has 0 aliphatic carbocycles. The van der Waals surface area contributed by atoms with E-state index in [0.29, 0.717) is 36.6 Å². The molecule has 2 heterocycles. The van der Waals surface area contributed by atoms with Gasteiger partial charge in [-0.3, -0.25) is 19.6 Å². The number of carbonyl (C=O) groups is 2. The number of piperazine rings is 1. The highest BCUT2D eigenvalue weighted by Gasteiger charge is 2.42. The minimum absolute atomic E-state index is 0.0897. The number of carbonyl (C=O) groups excluding carboxylic acids is 1. The Morgan fingerprint density at radius 3 is 2.27 bits per heavy atom. The molecule has 0 unspecified atom stereocenters. The second-order valence-corrected chi connectivity index (χ2v) is 11.5. The predicted octanol–water partition coefficient (Wildman–Crippen LogP) is 6.46. The Morgan fingerprint density at radius 2 is 1.70 bits per heavy atom. The summed E-state index contributed by atoms with van der Waals surface area (Å²) in [6.45, 7) is 12.2. The van der Waals surface area contributed by atoms with E-state index < -0.39 is 6.09 Å². The minimum atomic E-state index is -0.855. The van der Waals surface area contributed by atoms with E-state index in [9.17, 15) is 19.1 Å². The van der Waals surface area contributed by atoms with Crippen molar-refractivity contribution in [3.63, 3.8) is 0 Å². The number of aromatic nitrogens is 1. The van der Waals surface area contributed by atoms with Crippen LogP contribution in [0.1, 0.15) is 55.7 Å². The zero-order valence-corrected chi connectivity index (χ0v) is 24.2. The first-order valence-electron chi connectivity index (χ1n) is 13.8. The maximum atomic E-state index is 13.3. The number of pyridine rings is 1. The van der Waals surface area contributed by atoms with Gasteiger partial charge in [0.25, 0.3) is 5.91 Å². The maximum Gasteiger partial charge on any atom is 0.407 e. The summed E-state index contributed by atoms with van der Waals surface area (Å²) in [6, 6.07) is 17.4. The highest BCUT2D eigenvalue weighted by molar-refractivity contribution is 6.06. The van der Waals surface area contributed by atoms with Gasteiger partial charge in [0.15, 0.2) is 0 Å². The van der Waals surface area contributed by atoms with Crippen molar-refractivity contribution in [1.29, 1.82) is 0 Å². The van der Waals surface area contributed by atoms with Crippen molar-refractivity contribution in [2.45, 2.75) is 59.7 Å². The van der Waals surface area contributed by atoms with Gasteiger partial charge in [-0.15, -0.1) is 0 Å². The number of hydrogen-bond acceptors (Lipinski definition) is 4. The van der Waals surface area contributed by atoms with Crippen LogP contribution in [0.4, 0.5) is 14.9 Å². The molecule has 7 nitrogen and oxygen atoms in total. The van der Waals surface area contributed by atoms with Crippen molar-refractivity contribution in [2.75, 3.05) is 25.0 Å². The number of halogens is 1. The quantitative estimate of drug-likeness (QED) is 0.368. The van der Waals surface area contributed by atoms with Gasteiger partial charge in [0.05, 0.1) is 23.0 Å². The summed E-state index contributed by atoms with van der Waals surface area (Å²) < 4.78 is 13.3. The molecule has 2 amide bonds. The van der Waals surface area contributed by atoms with Crippen molar-refractivity contribution in [3.8, 4) is 11.3 Å². The highest BCUT2D eigenvalue weighted by atomic mass is 19.1.